The first-order valence-electron chi connectivity index (χ1n) is 7.21. The van der Waals surface area contributed by atoms with E-state index in [4.69, 9.17) is 0 Å². The Hall–Kier alpha value is -0.940. The molecule has 1 aromatic rings. The Bertz CT molecular complexity index is 479. The molecule has 0 saturated heterocycles. The first-order valence-corrected chi connectivity index (χ1v) is 8.00. The van der Waals surface area contributed by atoms with Crippen LogP contribution in [0.25, 0.3) is 0 Å². The van der Waals surface area contributed by atoms with Crippen molar-refractivity contribution in [2.24, 2.45) is 11.8 Å². The molecular formula is C15H21BrN2O2. The monoisotopic (exact) mass is 340 g/mol. The Morgan fingerprint density at radius 3 is 2.85 bits per heavy atom. The predicted molar refractivity (Wildman–Crippen MR) is 83.6 cm³/mol. The summed E-state index contributed by atoms with van der Waals surface area (Å²) in [5.41, 5.74) is 0.935. The van der Waals surface area contributed by atoms with Crippen molar-refractivity contribution in [1.29, 1.82) is 0 Å². The number of hydrogen-bond acceptors (Lipinski definition) is 3. The van der Waals surface area contributed by atoms with Gasteiger partial charge in [-0.3, -0.25) is 10.1 Å². The molecule has 2 rings (SSSR count). The third kappa shape index (κ3) is 4.03. The van der Waals surface area contributed by atoms with Gasteiger partial charge in [0.1, 0.15) is 0 Å². The van der Waals surface area contributed by atoms with E-state index >= 15 is 0 Å². The minimum atomic E-state index is -0.314. The van der Waals surface area contributed by atoms with Gasteiger partial charge in [-0.1, -0.05) is 42.1 Å². The number of nitro groups is 1. The molecule has 4 nitrogen and oxygen atoms in total. The lowest BCUT2D eigenvalue weighted by Crippen LogP contribution is -2.29. The lowest BCUT2D eigenvalue weighted by molar-refractivity contribution is -0.385. The molecule has 20 heavy (non-hydrogen) atoms. The van der Waals surface area contributed by atoms with Crippen LogP contribution in [-0.4, -0.2) is 11.5 Å². The van der Waals surface area contributed by atoms with Crippen LogP contribution in [0.15, 0.2) is 22.7 Å². The molecule has 1 fully saturated rings. The zero-order valence-corrected chi connectivity index (χ0v) is 13.4. The topological polar surface area (TPSA) is 55.2 Å². The number of nitrogens with one attached hydrogen (secondary N) is 1. The third-order valence-corrected chi connectivity index (χ3v) is 4.75. The predicted octanol–water partition coefficient (Wildman–Crippen LogP) is 4.27. The molecule has 1 saturated carbocycles. The summed E-state index contributed by atoms with van der Waals surface area (Å²) >= 11 is 3.28. The van der Waals surface area contributed by atoms with E-state index in [2.05, 4.69) is 28.2 Å². The molecule has 0 spiro atoms. The largest absolute Gasteiger partial charge is 0.312 e. The van der Waals surface area contributed by atoms with Crippen LogP contribution in [0.1, 0.15) is 38.2 Å². The summed E-state index contributed by atoms with van der Waals surface area (Å²) in [6, 6.07) is 5.24. The average Bonchev–Trinajstić information content (AvgIpc) is 2.42. The van der Waals surface area contributed by atoms with E-state index in [0.717, 1.165) is 22.5 Å². The molecule has 0 radical (unpaired) electrons. The molecule has 0 bridgehead atoms. The van der Waals surface area contributed by atoms with Crippen molar-refractivity contribution in [2.45, 2.75) is 39.2 Å². The van der Waals surface area contributed by atoms with Gasteiger partial charge in [0, 0.05) is 22.6 Å². The quantitative estimate of drug-likeness (QED) is 0.643. The highest BCUT2D eigenvalue weighted by molar-refractivity contribution is 9.10. The minimum Gasteiger partial charge on any atom is -0.312 e. The van der Waals surface area contributed by atoms with Gasteiger partial charge in [-0.15, -0.1) is 0 Å². The normalized spacial score (nSPS) is 22.7. The second kappa shape index (κ2) is 7.18. The molecule has 2 atom stereocenters. The molecule has 1 N–H and O–H groups in total. The van der Waals surface area contributed by atoms with Crippen LogP contribution in [0, 0.1) is 22.0 Å². The third-order valence-electron chi connectivity index (χ3n) is 4.26. The van der Waals surface area contributed by atoms with E-state index in [0.29, 0.717) is 12.5 Å². The first-order chi connectivity index (χ1) is 9.58. The van der Waals surface area contributed by atoms with Gasteiger partial charge in [-0.2, -0.15) is 0 Å². The highest BCUT2D eigenvalue weighted by Crippen LogP contribution is 2.29. The van der Waals surface area contributed by atoms with Crippen LogP contribution in [0.3, 0.4) is 0 Å². The molecule has 0 heterocycles. The van der Waals surface area contributed by atoms with Gasteiger partial charge in [0.25, 0.3) is 5.69 Å². The van der Waals surface area contributed by atoms with Crippen molar-refractivity contribution in [3.63, 3.8) is 0 Å². The van der Waals surface area contributed by atoms with E-state index in [1.807, 2.05) is 12.1 Å². The van der Waals surface area contributed by atoms with Crippen LogP contribution in [-0.2, 0) is 6.54 Å². The minimum absolute atomic E-state index is 0.184. The number of hydrogen-bond donors (Lipinski definition) is 1. The second-order valence-electron chi connectivity index (χ2n) is 5.68. The molecule has 1 aliphatic carbocycles. The Morgan fingerprint density at radius 2 is 2.15 bits per heavy atom. The summed E-state index contributed by atoms with van der Waals surface area (Å²) in [5, 5.41) is 14.4. The maximum atomic E-state index is 11.0. The summed E-state index contributed by atoms with van der Waals surface area (Å²) in [6.07, 6.45) is 5.24. The lowest BCUT2D eigenvalue weighted by atomic mass is 9.80. The van der Waals surface area contributed by atoms with Crippen LogP contribution in [0.4, 0.5) is 5.69 Å². The Balaban J connectivity index is 1.92. The molecule has 2 unspecified atom stereocenters. The molecule has 0 aromatic heterocycles. The maximum absolute atomic E-state index is 11.0. The Kier molecular flexibility index (Phi) is 5.54. The number of rotatable bonds is 5. The smallest absolute Gasteiger partial charge is 0.275 e. The van der Waals surface area contributed by atoms with Gasteiger partial charge in [-0.05, 0) is 36.9 Å². The summed E-state index contributed by atoms with van der Waals surface area (Å²) in [4.78, 5) is 10.7. The maximum Gasteiger partial charge on any atom is 0.275 e. The first kappa shape index (κ1) is 15.4. The fraction of sp³-hybridized carbons (Fsp3) is 0.600. The van der Waals surface area contributed by atoms with Crippen molar-refractivity contribution in [3.8, 4) is 0 Å². The van der Waals surface area contributed by atoms with Gasteiger partial charge >= 0.3 is 0 Å². The molecule has 110 valence electrons. The van der Waals surface area contributed by atoms with Crippen molar-refractivity contribution >= 4 is 21.6 Å². The molecule has 1 aliphatic rings. The van der Waals surface area contributed by atoms with Gasteiger partial charge in [0.2, 0.25) is 0 Å². The molecule has 0 aliphatic heterocycles. The van der Waals surface area contributed by atoms with Crippen molar-refractivity contribution in [3.05, 3.63) is 38.3 Å². The molecule has 5 heteroatoms. The zero-order valence-electron chi connectivity index (χ0n) is 11.8. The van der Waals surface area contributed by atoms with E-state index in [-0.39, 0.29) is 10.6 Å². The van der Waals surface area contributed by atoms with Crippen LogP contribution in [0.5, 0.6) is 0 Å². The fourth-order valence-corrected chi connectivity index (χ4v) is 3.29. The van der Waals surface area contributed by atoms with Gasteiger partial charge in [-0.25, -0.2) is 0 Å². The van der Waals surface area contributed by atoms with Crippen LogP contribution in [0.2, 0.25) is 0 Å². The van der Waals surface area contributed by atoms with Gasteiger partial charge in [0.15, 0.2) is 0 Å². The molecule has 0 amide bonds. The number of nitro benzene ring substituents is 1. The standard InChI is InChI=1S/C15H21BrN2O2/c1-11-4-2-3-5-12(11)9-17-10-13-6-7-14(16)8-15(13)18(19)20/h6-8,11-12,17H,2-5,9-10H2,1H3. The Labute approximate surface area is 128 Å². The van der Waals surface area contributed by atoms with E-state index in [1.165, 1.54) is 25.7 Å². The van der Waals surface area contributed by atoms with E-state index < -0.39 is 0 Å². The highest BCUT2D eigenvalue weighted by atomic mass is 79.9. The summed E-state index contributed by atoms with van der Waals surface area (Å²) in [5.74, 6) is 1.47. The SMILES string of the molecule is CC1CCCCC1CNCc1ccc(Br)cc1[N+](=O)[O-]. The number of halogens is 1. The van der Waals surface area contributed by atoms with Crippen LogP contribution >= 0.6 is 15.9 Å². The van der Waals surface area contributed by atoms with Crippen molar-refractivity contribution in [1.82, 2.24) is 5.32 Å². The van der Waals surface area contributed by atoms with Crippen molar-refractivity contribution < 1.29 is 4.92 Å². The van der Waals surface area contributed by atoms with Gasteiger partial charge < -0.3 is 5.32 Å². The zero-order chi connectivity index (χ0) is 14.5. The average molecular weight is 341 g/mol. The Morgan fingerprint density at radius 1 is 1.40 bits per heavy atom. The molecule has 1 aromatic carbocycles. The van der Waals surface area contributed by atoms with Crippen molar-refractivity contribution in [2.75, 3.05) is 6.54 Å². The molecular weight excluding hydrogens is 320 g/mol. The van der Waals surface area contributed by atoms with E-state index in [9.17, 15) is 10.1 Å². The number of benzene rings is 1. The van der Waals surface area contributed by atoms with Gasteiger partial charge in [0.05, 0.1) is 4.92 Å². The lowest BCUT2D eigenvalue weighted by Gasteiger charge is -2.28. The summed E-state index contributed by atoms with van der Waals surface area (Å²) < 4.78 is 0.744. The fourth-order valence-electron chi connectivity index (χ4n) is 2.94. The van der Waals surface area contributed by atoms with Crippen LogP contribution < -0.4 is 5.32 Å². The summed E-state index contributed by atoms with van der Waals surface area (Å²) in [7, 11) is 0. The van der Waals surface area contributed by atoms with E-state index in [1.54, 1.807) is 6.07 Å². The highest BCUT2D eigenvalue weighted by Gasteiger charge is 2.21. The summed E-state index contributed by atoms with van der Waals surface area (Å²) in [6.45, 7) is 3.83. The second-order valence-corrected chi connectivity index (χ2v) is 6.60. The number of nitrogens with zero attached hydrogens (tertiary/aromatic N) is 1.